The molecule has 15 N–H and O–H groups in total. The fourth-order valence-corrected chi connectivity index (χ4v) is 15.7. The van der Waals surface area contributed by atoms with Crippen molar-refractivity contribution in [2.45, 2.75) is 190 Å². The summed E-state index contributed by atoms with van der Waals surface area (Å²) in [6.07, 6.45) is -3.15. The van der Waals surface area contributed by atoms with Gasteiger partial charge in [-0.05, 0) is 140 Å². The van der Waals surface area contributed by atoms with E-state index >= 15 is 14.4 Å². The van der Waals surface area contributed by atoms with Crippen LogP contribution in [0, 0.1) is 0 Å². The molecule has 5 aromatic carbocycles. The van der Waals surface area contributed by atoms with Crippen LogP contribution in [0.1, 0.15) is 128 Å². The highest BCUT2D eigenvalue weighted by Crippen LogP contribution is 2.48. The number of benzene rings is 5. The van der Waals surface area contributed by atoms with Gasteiger partial charge in [0.05, 0.1) is 17.0 Å². The molecule has 31 heteroatoms. The average molecular weight is 1560 g/mol. The van der Waals surface area contributed by atoms with Crippen LogP contribution in [0.25, 0.3) is 10.9 Å². The first kappa shape index (κ1) is 86.4. The number of aliphatic carboxylic acids is 1. The molecule has 28 nitrogen and oxygen atoms in total. The van der Waals surface area contributed by atoms with Crippen LogP contribution < -0.4 is 53.2 Å². The Morgan fingerprint density at radius 2 is 1.12 bits per heavy atom. The Labute approximate surface area is 646 Å². The molecule has 7 rings (SSSR count). The van der Waals surface area contributed by atoms with Crippen LogP contribution in [0.15, 0.2) is 146 Å². The summed E-state index contributed by atoms with van der Waals surface area (Å²) in [7, 11) is 1.71. The maximum Gasteiger partial charge on any atom is 0.408 e. The first-order valence-corrected chi connectivity index (χ1v) is 39.6. The highest BCUT2D eigenvalue weighted by atomic mass is 33.1. The number of amides is 10. The predicted octanol–water partition coefficient (Wildman–Crippen LogP) is 6.28. The number of carboxylic acid groups (broad SMARTS) is 1. The Bertz CT molecular complexity index is 3930. The number of alkyl carbamates (subject to hydrolysis) is 2. The molecule has 0 saturated carbocycles. The molecule has 10 atom stereocenters. The normalized spacial score (nSPS) is 19.1. The molecular formula is C78H101N11O17S3. The maximum absolute atomic E-state index is 15.3. The van der Waals surface area contributed by atoms with Gasteiger partial charge in [0.2, 0.25) is 47.3 Å². The van der Waals surface area contributed by atoms with E-state index in [1.54, 1.807) is 83.8 Å². The predicted molar refractivity (Wildman–Crippen MR) is 418 cm³/mol. The number of fused-ring (bicyclic) bond motifs is 1. The molecule has 2 heterocycles. The van der Waals surface area contributed by atoms with Crippen molar-refractivity contribution >= 4 is 110 Å². The number of H-pyrrole nitrogens is 1. The molecule has 1 fully saturated rings. The zero-order chi connectivity index (χ0) is 79.4. The number of ether oxygens (including phenoxy) is 2. The molecule has 1 saturated heterocycles. The van der Waals surface area contributed by atoms with Crippen LogP contribution >= 0.6 is 33.3 Å². The van der Waals surface area contributed by atoms with Crippen molar-refractivity contribution in [2.75, 3.05) is 30.3 Å². The van der Waals surface area contributed by atoms with Crippen molar-refractivity contribution in [1.82, 2.24) is 58.2 Å². The van der Waals surface area contributed by atoms with Gasteiger partial charge in [-0.2, -0.15) is 0 Å². The molecule has 6 aromatic rings. The molecule has 1 aromatic heterocycles. The fraction of sp³-hybridized carbons (Fsp3) is 0.449. The lowest BCUT2D eigenvalue weighted by Crippen LogP contribution is -2.62. The molecule has 0 radical (unpaired) electrons. The second kappa shape index (κ2) is 41.7. The minimum atomic E-state index is -1.91. The Hall–Kier alpha value is -9.82. The number of phenols is 1. The van der Waals surface area contributed by atoms with Crippen molar-refractivity contribution in [2.24, 2.45) is 0 Å². The van der Waals surface area contributed by atoms with Crippen LogP contribution in [0.5, 0.6) is 5.75 Å². The van der Waals surface area contributed by atoms with Gasteiger partial charge in [-0.3, -0.25) is 38.4 Å². The number of aromatic nitrogens is 1. The minimum Gasteiger partial charge on any atom is -0.508 e. The van der Waals surface area contributed by atoms with Crippen molar-refractivity contribution in [1.29, 1.82) is 0 Å². The number of para-hydroxylation sites is 1. The van der Waals surface area contributed by atoms with E-state index in [1.807, 2.05) is 54.6 Å². The number of carbonyl (C=O) groups is 11. The third kappa shape index (κ3) is 27.4. The molecular weight excluding hydrogens is 1460 g/mol. The highest BCUT2D eigenvalue weighted by Gasteiger charge is 2.40. The SMILES string of the molecule is C[C@@H](O)[C@H](NC(=O)[C@@H]1CSSC[C@H](NC(=O)[C@@H](CCCCNC(=O)CCSC(c2ccccc2)(c2ccccc2)c2ccccc2)NC(=O)OC(C)(C)C)C(=O)N[C@@H](Cc2ccc(O)cc2)C(=O)N[C@H](Cc2c[nH]c3ccccc23)C(=O)N[C@@H](CCCCNC(=O)OC(C)(C)C)C(=O)N[C@@H]([C@@H](C)O)C(=O)N1)C(=O)O. The second-order valence-electron chi connectivity index (χ2n) is 28.4. The monoisotopic (exact) mass is 1560 g/mol. The van der Waals surface area contributed by atoms with Crippen LogP contribution in [0.3, 0.4) is 0 Å². The van der Waals surface area contributed by atoms with Crippen molar-refractivity contribution in [3.05, 3.63) is 174 Å². The number of aromatic amines is 1. The maximum atomic E-state index is 15.3. The number of thioether (sulfide) groups is 1. The number of unbranched alkanes of at least 4 members (excludes halogenated alkanes) is 2. The molecule has 0 aliphatic carbocycles. The van der Waals surface area contributed by atoms with Crippen molar-refractivity contribution in [3.8, 4) is 5.75 Å². The number of carboxylic acids is 1. The van der Waals surface area contributed by atoms with Gasteiger partial charge in [0.1, 0.15) is 59.2 Å². The van der Waals surface area contributed by atoms with E-state index < -0.39 is 148 Å². The van der Waals surface area contributed by atoms with E-state index in [2.05, 4.69) is 94.6 Å². The molecule has 1 aliphatic rings. The van der Waals surface area contributed by atoms with Crippen LogP contribution in [0.4, 0.5) is 9.59 Å². The van der Waals surface area contributed by atoms with Gasteiger partial charge in [0.25, 0.3) is 0 Å². The van der Waals surface area contributed by atoms with E-state index in [-0.39, 0.29) is 76.1 Å². The zero-order valence-corrected chi connectivity index (χ0v) is 64.8. The van der Waals surface area contributed by atoms with Crippen LogP contribution in [-0.2, 0) is 70.2 Å². The van der Waals surface area contributed by atoms with E-state index in [0.717, 1.165) is 52.1 Å². The summed E-state index contributed by atoms with van der Waals surface area (Å²) in [6, 6.07) is 29.8. The molecule has 0 bridgehead atoms. The Balaban J connectivity index is 1.20. The topological polar surface area (TPSA) is 423 Å². The fourth-order valence-electron chi connectivity index (χ4n) is 11.9. The van der Waals surface area contributed by atoms with Gasteiger partial charge < -0.3 is 88.1 Å². The van der Waals surface area contributed by atoms with Gasteiger partial charge in [0.15, 0.2) is 6.04 Å². The highest BCUT2D eigenvalue weighted by molar-refractivity contribution is 8.76. The smallest absolute Gasteiger partial charge is 0.408 e. The molecule has 109 heavy (non-hydrogen) atoms. The summed E-state index contributed by atoms with van der Waals surface area (Å²) in [5.41, 5.74) is 2.87. The number of nitrogens with one attached hydrogen (secondary N) is 11. The summed E-state index contributed by atoms with van der Waals surface area (Å²) in [5, 5.41) is 69.1. The molecule has 10 amide bonds. The van der Waals surface area contributed by atoms with Gasteiger partial charge >= 0.3 is 18.2 Å². The molecule has 588 valence electrons. The number of hydrogen-bond donors (Lipinski definition) is 15. The Morgan fingerprint density at radius 1 is 0.587 bits per heavy atom. The lowest BCUT2D eigenvalue weighted by Gasteiger charge is -2.35. The molecule has 0 spiro atoms. The first-order chi connectivity index (χ1) is 51.8. The summed E-state index contributed by atoms with van der Waals surface area (Å²) in [4.78, 5) is 160. The summed E-state index contributed by atoms with van der Waals surface area (Å²) < 4.78 is 10.3. The number of rotatable bonds is 29. The molecule has 0 unspecified atom stereocenters. The third-order valence-electron chi connectivity index (χ3n) is 17.3. The lowest BCUT2D eigenvalue weighted by molar-refractivity contribution is -0.145. The third-order valence-corrected chi connectivity index (χ3v) is 21.3. The van der Waals surface area contributed by atoms with E-state index in [9.17, 15) is 58.8 Å². The summed E-state index contributed by atoms with van der Waals surface area (Å²) >= 11 is 1.64. The van der Waals surface area contributed by atoms with Crippen LogP contribution in [0.2, 0.25) is 0 Å². The number of hydrogen-bond acceptors (Lipinski definition) is 19. The van der Waals surface area contributed by atoms with Gasteiger partial charge in [0, 0.05) is 66.7 Å². The molecule has 1 aliphatic heterocycles. The second-order valence-corrected chi connectivity index (χ2v) is 32.3. The van der Waals surface area contributed by atoms with Crippen molar-refractivity contribution in [3.63, 3.8) is 0 Å². The Kier molecular flexibility index (Phi) is 33.0. The number of phenolic OH excluding ortho intramolecular Hbond substituents is 1. The van der Waals surface area contributed by atoms with Gasteiger partial charge in [-0.1, -0.05) is 143 Å². The van der Waals surface area contributed by atoms with E-state index in [4.69, 9.17) is 9.47 Å². The zero-order valence-electron chi connectivity index (χ0n) is 62.4. The lowest BCUT2D eigenvalue weighted by atomic mass is 9.84. The van der Waals surface area contributed by atoms with Crippen molar-refractivity contribution < 1.29 is 82.6 Å². The Morgan fingerprint density at radius 3 is 1.71 bits per heavy atom. The quantitative estimate of drug-likeness (QED) is 0.0139. The summed E-state index contributed by atoms with van der Waals surface area (Å²) in [6.45, 7) is 12.4. The van der Waals surface area contributed by atoms with E-state index in [0.29, 0.717) is 34.2 Å². The van der Waals surface area contributed by atoms with Crippen LogP contribution in [-0.4, -0.2) is 193 Å². The number of carbonyl (C=O) groups excluding carboxylic acids is 10. The largest absolute Gasteiger partial charge is 0.508 e. The number of aliphatic hydroxyl groups is 2. The minimum absolute atomic E-state index is 0.0571. The summed E-state index contributed by atoms with van der Waals surface area (Å²) in [5.74, 6) is -9.50. The van der Waals surface area contributed by atoms with Gasteiger partial charge in [-0.25, -0.2) is 14.4 Å². The van der Waals surface area contributed by atoms with E-state index in [1.165, 1.54) is 24.3 Å². The first-order valence-electron chi connectivity index (χ1n) is 36.1. The standard InChI is InChI=1S/C78H101N11O17S3/c1-47(90)64-72(100)86-62(71(99)89-65(48(2)91)73(101)102)46-109-108-45-61(85-66(94)58(87-75(104)106-77(6,7)8)33-20-22-39-79-63(93)38-41-107-78(51-24-12-9-13-25-51,52-26-14-10-15-27-52)53-28-16-11-17-29-53)70(98)83-59(42-49-34-36-54(92)37-35-49)68(96)84-60(43-50-44-81-56-31-19-18-30-55(50)56)69(97)82-57(67(95)88-64)32-21-23-40-80-74(103)105-76(3,4)5/h9-19,24-31,34-37,44,47-48,57-62,64-65,81,90-92H,20-23,32-33,38-43,45-46H2,1-8H3,(H,79,93)(H,80,103)(H,82,97)(H,83,98)(H,84,96)(H,85,94)(H,86,100)(H,87,104)(H,88,95)(H,89,99)(H,101,102)/t47-,48-,57+,58-,59+,60-,61+,62+,64+,65+/m1/s1. The van der Waals surface area contributed by atoms with Gasteiger partial charge in [-0.15, -0.1) is 11.8 Å². The number of aromatic hydroxyl groups is 1. The average Bonchev–Trinajstić information content (AvgIpc) is 1.73. The number of aliphatic hydroxyl groups excluding tert-OH is 2.